The van der Waals surface area contributed by atoms with E-state index in [1.54, 1.807) is 0 Å². The lowest BCUT2D eigenvalue weighted by Gasteiger charge is -2.33. The summed E-state index contributed by atoms with van der Waals surface area (Å²) in [5.41, 5.74) is 1.18. The Kier molecular flexibility index (Phi) is 5.23. The van der Waals surface area contributed by atoms with Crippen LogP contribution in [0.25, 0.3) is 11.4 Å². The van der Waals surface area contributed by atoms with Crippen LogP contribution in [0.3, 0.4) is 0 Å². The predicted molar refractivity (Wildman–Crippen MR) is 118 cm³/mol. The third kappa shape index (κ3) is 4.22. The van der Waals surface area contributed by atoms with Crippen LogP contribution in [0.4, 0.5) is 13.2 Å². The van der Waals surface area contributed by atoms with E-state index in [0.717, 1.165) is 56.7 Å². The van der Waals surface area contributed by atoms with Crippen molar-refractivity contribution in [2.24, 2.45) is 5.41 Å². The maximum atomic E-state index is 12.9. The molecule has 2 aliphatic heterocycles. The molecule has 1 saturated carbocycles. The molecule has 5 rings (SSSR count). The molecule has 1 aromatic heterocycles. The quantitative estimate of drug-likeness (QED) is 0.620. The molecule has 0 unspecified atom stereocenters. The first-order valence-corrected chi connectivity index (χ1v) is 13.2. The zero-order valence-corrected chi connectivity index (χ0v) is 19.6. The number of aromatic nitrogens is 3. The second-order valence-corrected chi connectivity index (χ2v) is 12.2. The fraction of sp³-hybridized carbons (Fsp3) is 0.609. The maximum absolute atomic E-state index is 12.9. The molecule has 1 spiro atoms. The molecule has 2 saturated heterocycles. The average Bonchev–Trinajstić information content (AvgIpc) is 3.44. The van der Waals surface area contributed by atoms with Crippen LogP contribution in [0, 0.1) is 5.41 Å². The molecular formula is C23H28F3N4O2S+. The van der Waals surface area contributed by atoms with Crippen molar-refractivity contribution in [3.63, 3.8) is 0 Å². The van der Waals surface area contributed by atoms with Crippen LogP contribution in [0.5, 0.6) is 0 Å². The highest BCUT2D eigenvalue weighted by atomic mass is 32.2. The molecule has 178 valence electrons. The van der Waals surface area contributed by atoms with Gasteiger partial charge in [-0.2, -0.15) is 18.3 Å². The Bertz CT molecular complexity index is 1200. The summed E-state index contributed by atoms with van der Waals surface area (Å²) in [5, 5.41) is 4.64. The number of nitrogens with zero attached hydrogens (tertiary/aromatic N) is 4. The highest BCUT2D eigenvalue weighted by Crippen LogP contribution is 2.42. The first kappa shape index (κ1) is 22.6. The highest BCUT2D eigenvalue weighted by Gasteiger charge is 2.55. The van der Waals surface area contributed by atoms with Gasteiger partial charge in [-0.3, -0.25) is 0 Å². The van der Waals surface area contributed by atoms with Gasteiger partial charge in [-0.1, -0.05) is 12.1 Å². The molecule has 1 atom stereocenters. The Morgan fingerprint density at radius 2 is 1.88 bits per heavy atom. The number of sulfone groups is 1. The van der Waals surface area contributed by atoms with Gasteiger partial charge in [-0.05, 0) is 32.4 Å². The summed E-state index contributed by atoms with van der Waals surface area (Å²) in [7, 11) is -2.84. The highest BCUT2D eigenvalue weighted by molar-refractivity contribution is 7.92. The first-order chi connectivity index (χ1) is 15.4. The third-order valence-corrected chi connectivity index (χ3v) is 9.29. The molecule has 1 aliphatic carbocycles. The SMILES string of the molecule is CC(C)n1nc(-c2ccc(C(F)(F)F)cc2)nc1[C@H]1CCC(=[N+]2CCC3(C2)CS(=O)(=O)C3)C1. The van der Waals surface area contributed by atoms with Crippen molar-refractivity contribution >= 4 is 15.5 Å². The lowest BCUT2D eigenvalue weighted by atomic mass is 9.91. The minimum absolute atomic E-state index is 0.0579. The second-order valence-electron chi connectivity index (χ2n) is 10.1. The summed E-state index contributed by atoms with van der Waals surface area (Å²) in [6.07, 6.45) is -0.688. The molecule has 0 radical (unpaired) electrons. The smallest absolute Gasteiger partial charge is 0.247 e. The monoisotopic (exact) mass is 481 g/mol. The molecule has 0 bridgehead atoms. The fourth-order valence-electron chi connectivity index (χ4n) is 5.59. The normalized spacial score (nSPS) is 26.3. The van der Waals surface area contributed by atoms with Gasteiger partial charge in [0, 0.05) is 36.8 Å². The van der Waals surface area contributed by atoms with Crippen molar-refractivity contribution in [2.45, 2.75) is 57.7 Å². The number of hydrogen-bond acceptors (Lipinski definition) is 4. The van der Waals surface area contributed by atoms with E-state index in [2.05, 4.69) is 9.67 Å². The summed E-state index contributed by atoms with van der Waals surface area (Å²) in [4.78, 5) is 4.77. The van der Waals surface area contributed by atoms with E-state index in [0.29, 0.717) is 22.9 Å². The van der Waals surface area contributed by atoms with Crippen LogP contribution in [-0.2, 0) is 16.0 Å². The summed E-state index contributed by atoms with van der Waals surface area (Å²) >= 11 is 0. The maximum Gasteiger partial charge on any atom is 0.416 e. The molecule has 3 aliphatic rings. The Morgan fingerprint density at radius 3 is 2.48 bits per heavy atom. The average molecular weight is 482 g/mol. The second kappa shape index (κ2) is 7.65. The molecule has 33 heavy (non-hydrogen) atoms. The van der Waals surface area contributed by atoms with E-state index < -0.39 is 21.6 Å². The van der Waals surface area contributed by atoms with E-state index in [9.17, 15) is 21.6 Å². The minimum atomic E-state index is -4.37. The molecule has 0 amide bonds. The molecule has 10 heteroatoms. The summed E-state index contributed by atoms with van der Waals surface area (Å²) < 4.78 is 66.4. The first-order valence-electron chi connectivity index (χ1n) is 11.4. The largest absolute Gasteiger partial charge is 0.416 e. The van der Waals surface area contributed by atoms with Gasteiger partial charge in [0.15, 0.2) is 27.9 Å². The van der Waals surface area contributed by atoms with Crippen molar-refractivity contribution < 1.29 is 26.2 Å². The molecule has 1 aromatic carbocycles. The number of hydrogen-bond donors (Lipinski definition) is 0. The van der Waals surface area contributed by atoms with Crippen LogP contribution in [-0.4, -0.2) is 58.1 Å². The lowest BCUT2D eigenvalue weighted by Crippen LogP contribution is -2.49. The number of benzene rings is 1. The third-order valence-electron chi connectivity index (χ3n) is 7.18. The summed E-state index contributed by atoms with van der Waals surface area (Å²) in [5.74, 6) is 2.13. The van der Waals surface area contributed by atoms with Crippen LogP contribution in [0.1, 0.15) is 62.9 Å². The molecule has 3 fully saturated rings. The van der Waals surface area contributed by atoms with Crippen LogP contribution in [0.2, 0.25) is 0 Å². The molecule has 6 nitrogen and oxygen atoms in total. The van der Waals surface area contributed by atoms with Gasteiger partial charge in [0.2, 0.25) is 0 Å². The molecule has 0 N–H and O–H groups in total. The van der Waals surface area contributed by atoms with Crippen LogP contribution >= 0.6 is 0 Å². The van der Waals surface area contributed by atoms with Gasteiger partial charge in [0.25, 0.3) is 0 Å². The number of alkyl halides is 3. The summed E-state index contributed by atoms with van der Waals surface area (Å²) in [6, 6.07) is 5.06. The lowest BCUT2D eigenvalue weighted by molar-refractivity contribution is -0.513. The van der Waals surface area contributed by atoms with Crippen LogP contribution < -0.4 is 0 Å². The van der Waals surface area contributed by atoms with Gasteiger partial charge in [0.05, 0.1) is 22.5 Å². The van der Waals surface area contributed by atoms with Crippen molar-refractivity contribution in [2.75, 3.05) is 24.6 Å². The van der Waals surface area contributed by atoms with E-state index in [1.807, 2.05) is 18.5 Å². The van der Waals surface area contributed by atoms with Gasteiger partial charge in [0.1, 0.15) is 12.4 Å². The molecular weight excluding hydrogens is 453 g/mol. The predicted octanol–water partition coefficient (Wildman–Crippen LogP) is 4.08. The Morgan fingerprint density at radius 1 is 1.18 bits per heavy atom. The Balaban J connectivity index is 1.37. The topological polar surface area (TPSA) is 67.9 Å². The minimum Gasteiger partial charge on any atom is -0.247 e. The van der Waals surface area contributed by atoms with E-state index in [-0.39, 0.29) is 17.4 Å². The zero-order chi connectivity index (χ0) is 23.6. The Labute approximate surface area is 191 Å². The molecule has 2 aromatic rings. The van der Waals surface area contributed by atoms with E-state index in [4.69, 9.17) is 4.98 Å². The zero-order valence-electron chi connectivity index (χ0n) is 18.8. The number of rotatable bonds is 3. The van der Waals surface area contributed by atoms with E-state index in [1.165, 1.54) is 17.8 Å². The van der Waals surface area contributed by atoms with Gasteiger partial charge < -0.3 is 0 Å². The van der Waals surface area contributed by atoms with Crippen molar-refractivity contribution in [3.05, 3.63) is 35.7 Å². The molecule has 3 heterocycles. The number of halogens is 3. The van der Waals surface area contributed by atoms with Gasteiger partial charge >= 0.3 is 6.18 Å². The van der Waals surface area contributed by atoms with Gasteiger partial charge in [-0.25, -0.2) is 22.7 Å². The van der Waals surface area contributed by atoms with Crippen molar-refractivity contribution in [1.29, 1.82) is 0 Å². The van der Waals surface area contributed by atoms with Gasteiger partial charge in [-0.15, -0.1) is 0 Å². The fourth-order valence-corrected chi connectivity index (χ4v) is 7.85. The Hall–Kier alpha value is -2.23. The van der Waals surface area contributed by atoms with Crippen molar-refractivity contribution in [1.82, 2.24) is 14.8 Å². The van der Waals surface area contributed by atoms with Crippen molar-refractivity contribution in [3.8, 4) is 11.4 Å². The standard InChI is InChI=1S/C23H28F3N4O2S/c1-15(2)30-21(27-20(28-30)16-3-6-18(7-4-16)23(24,25)26)17-5-8-19(11-17)29-10-9-22(12-29)13-33(31,32)14-22/h3-4,6-7,15,17H,5,8-14H2,1-2H3/q+1/t17-/m0/s1. The summed E-state index contributed by atoms with van der Waals surface area (Å²) in [6.45, 7) is 5.78. The van der Waals surface area contributed by atoms with E-state index >= 15 is 0 Å². The van der Waals surface area contributed by atoms with Crippen LogP contribution in [0.15, 0.2) is 24.3 Å².